The van der Waals surface area contributed by atoms with Gasteiger partial charge in [-0.1, -0.05) is 24.3 Å². The molecule has 0 fully saturated rings. The Balaban J connectivity index is 2.99. The second-order valence-electron chi connectivity index (χ2n) is 3.72. The Morgan fingerprint density at radius 2 is 2.13 bits per heavy atom. The van der Waals surface area contributed by atoms with Crippen molar-refractivity contribution >= 4 is 0 Å². The molecule has 0 bridgehead atoms. The minimum Gasteiger partial charge on any atom is -0.380 e. The monoisotopic (exact) mass is 215 g/mol. The minimum absolute atomic E-state index is 0.396. The van der Waals surface area contributed by atoms with Crippen molar-refractivity contribution in [1.82, 2.24) is 0 Å². The molecule has 0 amide bonds. The van der Waals surface area contributed by atoms with Crippen LogP contribution in [0.3, 0.4) is 0 Å². The summed E-state index contributed by atoms with van der Waals surface area (Å²) in [6.07, 6.45) is -2.59. The molecule has 15 heavy (non-hydrogen) atoms. The molecule has 4 heteroatoms. The number of alkyl halides is 2. The summed E-state index contributed by atoms with van der Waals surface area (Å²) in [6.45, 7) is 1.72. The summed E-state index contributed by atoms with van der Waals surface area (Å²) in [5.41, 5.74) is 5.21. The average molecular weight is 215 g/mol. The Morgan fingerprint density at radius 3 is 2.67 bits per heavy atom. The SMILES string of the molecule is COCc1cccc(C(C)(N)C(F)F)c1. The van der Waals surface area contributed by atoms with E-state index in [0.717, 1.165) is 5.56 Å². The van der Waals surface area contributed by atoms with E-state index in [9.17, 15) is 8.78 Å². The van der Waals surface area contributed by atoms with Gasteiger partial charge in [0.15, 0.2) is 0 Å². The molecular formula is C11H15F2NO. The van der Waals surface area contributed by atoms with Gasteiger partial charge < -0.3 is 10.5 Å². The van der Waals surface area contributed by atoms with Crippen LogP contribution >= 0.6 is 0 Å². The summed E-state index contributed by atoms with van der Waals surface area (Å²) in [6, 6.07) is 6.77. The van der Waals surface area contributed by atoms with Crippen molar-refractivity contribution in [2.75, 3.05) is 7.11 Å². The molecule has 0 aliphatic carbocycles. The molecule has 2 nitrogen and oxygen atoms in total. The minimum atomic E-state index is -2.59. The Hall–Kier alpha value is -1.00. The van der Waals surface area contributed by atoms with Crippen LogP contribution < -0.4 is 5.73 Å². The van der Waals surface area contributed by atoms with E-state index in [-0.39, 0.29) is 0 Å². The maximum atomic E-state index is 12.7. The highest BCUT2D eigenvalue weighted by Crippen LogP contribution is 2.25. The highest BCUT2D eigenvalue weighted by Gasteiger charge is 2.32. The second kappa shape index (κ2) is 4.68. The lowest BCUT2D eigenvalue weighted by molar-refractivity contribution is 0.0624. The molecule has 1 aromatic rings. The zero-order valence-electron chi connectivity index (χ0n) is 8.84. The third-order valence-electron chi connectivity index (χ3n) is 2.31. The maximum absolute atomic E-state index is 12.7. The van der Waals surface area contributed by atoms with Gasteiger partial charge in [0.05, 0.1) is 12.1 Å². The van der Waals surface area contributed by atoms with E-state index in [1.807, 2.05) is 6.07 Å². The number of methoxy groups -OCH3 is 1. The summed E-state index contributed by atoms with van der Waals surface area (Å²) in [5.74, 6) is 0. The van der Waals surface area contributed by atoms with Gasteiger partial charge in [-0.2, -0.15) is 0 Å². The first-order valence-electron chi connectivity index (χ1n) is 4.64. The fourth-order valence-corrected chi connectivity index (χ4v) is 1.29. The van der Waals surface area contributed by atoms with Gasteiger partial charge >= 0.3 is 0 Å². The van der Waals surface area contributed by atoms with Crippen LogP contribution in [0.25, 0.3) is 0 Å². The summed E-state index contributed by atoms with van der Waals surface area (Å²) in [7, 11) is 1.56. The van der Waals surface area contributed by atoms with Crippen LogP contribution in [0, 0.1) is 0 Å². The van der Waals surface area contributed by atoms with Gasteiger partial charge in [-0.3, -0.25) is 0 Å². The summed E-state index contributed by atoms with van der Waals surface area (Å²) in [5, 5.41) is 0. The lowest BCUT2D eigenvalue weighted by Gasteiger charge is -2.24. The van der Waals surface area contributed by atoms with Crippen LogP contribution in [0.5, 0.6) is 0 Å². The van der Waals surface area contributed by atoms with Crippen molar-refractivity contribution < 1.29 is 13.5 Å². The van der Waals surface area contributed by atoms with Crippen molar-refractivity contribution in [3.8, 4) is 0 Å². The normalized spacial score (nSPS) is 15.3. The molecule has 0 spiro atoms. The molecule has 1 unspecified atom stereocenters. The molecule has 2 N–H and O–H groups in total. The predicted octanol–water partition coefficient (Wildman–Crippen LogP) is 2.27. The fraction of sp³-hybridized carbons (Fsp3) is 0.455. The molecule has 0 aromatic heterocycles. The van der Waals surface area contributed by atoms with Crippen LogP contribution in [0.1, 0.15) is 18.1 Å². The van der Waals surface area contributed by atoms with Crippen molar-refractivity contribution in [1.29, 1.82) is 0 Å². The van der Waals surface area contributed by atoms with Gasteiger partial charge in [0.25, 0.3) is 6.43 Å². The van der Waals surface area contributed by atoms with Gasteiger partial charge in [0.2, 0.25) is 0 Å². The van der Waals surface area contributed by atoms with Crippen LogP contribution in [0.2, 0.25) is 0 Å². The van der Waals surface area contributed by atoms with E-state index in [4.69, 9.17) is 10.5 Å². The third-order valence-corrected chi connectivity index (χ3v) is 2.31. The Labute approximate surface area is 88.0 Å². The molecule has 0 saturated carbocycles. The number of halogens is 2. The van der Waals surface area contributed by atoms with Crippen LogP contribution in [-0.2, 0) is 16.9 Å². The second-order valence-corrected chi connectivity index (χ2v) is 3.72. The number of nitrogens with two attached hydrogens (primary N) is 1. The predicted molar refractivity (Wildman–Crippen MR) is 54.7 cm³/mol. The topological polar surface area (TPSA) is 35.2 Å². The molecule has 1 atom stereocenters. The van der Waals surface area contributed by atoms with Crippen molar-refractivity contribution in [2.24, 2.45) is 5.73 Å². The Kier molecular flexibility index (Phi) is 3.77. The maximum Gasteiger partial charge on any atom is 0.260 e. The zero-order chi connectivity index (χ0) is 11.5. The standard InChI is InChI=1S/C11H15F2NO/c1-11(14,10(12)13)9-5-3-4-8(6-9)7-15-2/h3-6,10H,7,14H2,1-2H3. The number of rotatable bonds is 4. The number of hydrogen-bond donors (Lipinski definition) is 1. The molecule has 0 aliphatic heterocycles. The Bertz CT molecular complexity index is 326. The molecule has 0 saturated heterocycles. The first-order valence-corrected chi connectivity index (χ1v) is 4.64. The summed E-state index contributed by atoms with van der Waals surface area (Å²) in [4.78, 5) is 0. The van der Waals surface area contributed by atoms with Gasteiger partial charge in [-0.15, -0.1) is 0 Å². The van der Waals surface area contributed by atoms with E-state index in [1.54, 1.807) is 25.3 Å². The zero-order valence-corrected chi connectivity index (χ0v) is 8.84. The molecule has 0 heterocycles. The molecule has 0 radical (unpaired) electrons. The van der Waals surface area contributed by atoms with E-state index < -0.39 is 12.0 Å². The van der Waals surface area contributed by atoms with Gasteiger partial charge in [0, 0.05) is 7.11 Å². The number of benzene rings is 1. The van der Waals surface area contributed by atoms with Crippen molar-refractivity contribution in [3.63, 3.8) is 0 Å². The van der Waals surface area contributed by atoms with Crippen LogP contribution in [0.15, 0.2) is 24.3 Å². The average Bonchev–Trinajstić information content (AvgIpc) is 2.18. The molecule has 1 rings (SSSR count). The van der Waals surface area contributed by atoms with Crippen molar-refractivity contribution in [3.05, 3.63) is 35.4 Å². The van der Waals surface area contributed by atoms with Gasteiger partial charge in [-0.05, 0) is 18.1 Å². The van der Waals surface area contributed by atoms with E-state index >= 15 is 0 Å². The third kappa shape index (κ3) is 2.73. The van der Waals surface area contributed by atoms with E-state index in [0.29, 0.717) is 12.2 Å². The Morgan fingerprint density at radius 1 is 1.47 bits per heavy atom. The molecule has 0 aliphatic rings. The van der Waals surface area contributed by atoms with Crippen LogP contribution in [-0.4, -0.2) is 13.5 Å². The molecule has 1 aromatic carbocycles. The van der Waals surface area contributed by atoms with E-state index in [2.05, 4.69) is 0 Å². The first kappa shape index (κ1) is 12.1. The smallest absolute Gasteiger partial charge is 0.260 e. The quantitative estimate of drug-likeness (QED) is 0.836. The highest BCUT2D eigenvalue weighted by molar-refractivity contribution is 5.29. The summed E-state index contributed by atoms with van der Waals surface area (Å²) >= 11 is 0. The van der Waals surface area contributed by atoms with Crippen molar-refractivity contribution in [2.45, 2.75) is 25.5 Å². The van der Waals surface area contributed by atoms with E-state index in [1.165, 1.54) is 6.92 Å². The first-order chi connectivity index (χ1) is 6.98. The number of hydrogen-bond acceptors (Lipinski definition) is 2. The van der Waals surface area contributed by atoms with Gasteiger partial charge in [0.1, 0.15) is 0 Å². The lowest BCUT2D eigenvalue weighted by Crippen LogP contribution is -2.40. The lowest BCUT2D eigenvalue weighted by atomic mass is 9.92. The summed E-state index contributed by atoms with van der Waals surface area (Å²) < 4.78 is 30.2. The fourth-order valence-electron chi connectivity index (χ4n) is 1.29. The molecule has 84 valence electrons. The largest absolute Gasteiger partial charge is 0.380 e. The highest BCUT2D eigenvalue weighted by atomic mass is 19.3. The number of ether oxygens (including phenoxy) is 1. The van der Waals surface area contributed by atoms with Crippen LogP contribution in [0.4, 0.5) is 8.78 Å². The van der Waals surface area contributed by atoms with Gasteiger partial charge in [-0.25, -0.2) is 8.78 Å². The molecular weight excluding hydrogens is 200 g/mol.